The topological polar surface area (TPSA) is 32.3 Å². The molecule has 1 N–H and O–H groups in total. The molecule has 1 amide bonds. The molecule has 2 rings (SSSR count). The lowest BCUT2D eigenvalue weighted by Gasteiger charge is -2.28. The maximum atomic E-state index is 12.0. The zero-order valence-electron chi connectivity index (χ0n) is 10.4. The minimum atomic E-state index is 0.0735. The molecule has 2 fully saturated rings. The van der Waals surface area contributed by atoms with E-state index in [2.05, 4.69) is 10.2 Å². The van der Waals surface area contributed by atoms with Crippen molar-refractivity contribution in [3.8, 4) is 0 Å². The van der Waals surface area contributed by atoms with Gasteiger partial charge in [0.1, 0.15) is 0 Å². The van der Waals surface area contributed by atoms with Crippen LogP contribution in [0.3, 0.4) is 0 Å². The van der Waals surface area contributed by atoms with E-state index in [1.807, 2.05) is 6.92 Å². The van der Waals surface area contributed by atoms with Crippen LogP contribution in [0, 0.1) is 0 Å². The Hall–Kier alpha value is -0.570. The Morgan fingerprint density at radius 2 is 1.75 bits per heavy atom. The number of nitrogens with one attached hydrogen (secondary N) is 1. The van der Waals surface area contributed by atoms with Crippen LogP contribution in [0.2, 0.25) is 0 Å². The first kappa shape index (κ1) is 11.9. The lowest BCUT2D eigenvalue weighted by molar-refractivity contribution is -0.126. The number of likely N-dealkylation sites (tertiary alicyclic amines) is 1. The van der Waals surface area contributed by atoms with Gasteiger partial charge in [-0.15, -0.1) is 0 Å². The van der Waals surface area contributed by atoms with Crippen LogP contribution in [0.25, 0.3) is 0 Å². The third kappa shape index (κ3) is 2.97. The fourth-order valence-electron chi connectivity index (χ4n) is 2.86. The summed E-state index contributed by atoms with van der Waals surface area (Å²) in [7, 11) is 0. The van der Waals surface area contributed by atoms with Gasteiger partial charge in [-0.3, -0.25) is 9.69 Å². The Labute approximate surface area is 98.6 Å². The summed E-state index contributed by atoms with van der Waals surface area (Å²) in [5.41, 5.74) is 0. The third-order valence-electron chi connectivity index (χ3n) is 4.02. The second-order valence-electron chi connectivity index (χ2n) is 5.26. The van der Waals surface area contributed by atoms with Crippen LogP contribution in [0.15, 0.2) is 0 Å². The number of hydrogen-bond donors (Lipinski definition) is 1. The van der Waals surface area contributed by atoms with Gasteiger partial charge in [0.2, 0.25) is 5.91 Å². The van der Waals surface area contributed by atoms with Crippen molar-refractivity contribution in [1.82, 2.24) is 10.2 Å². The van der Waals surface area contributed by atoms with E-state index in [4.69, 9.17) is 0 Å². The Balaban J connectivity index is 1.77. The van der Waals surface area contributed by atoms with E-state index in [0.717, 1.165) is 13.1 Å². The molecule has 0 radical (unpaired) electrons. The first-order valence-electron chi connectivity index (χ1n) is 6.82. The molecule has 1 aliphatic carbocycles. The van der Waals surface area contributed by atoms with E-state index in [1.165, 1.54) is 44.9 Å². The van der Waals surface area contributed by atoms with E-state index < -0.39 is 0 Å². The second-order valence-corrected chi connectivity index (χ2v) is 5.26. The molecular weight excluding hydrogens is 200 g/mol. The quantitative estimate of drug-likeness (QED) is 0.794. The molecule has 92 valence electrons. The van der Waals surface area contributed by atoms with Crippen molar-refractivity contribution in [3.63, 3.8) is 0 Å². The Morgan fingerprint density at radius 1 is 1.12 bits per heavy atom. The van der Waals surface area contributed by atoms with Crippen molar-refractivity contribution >= 4 is 5.91 Å². The van der Waals surface area contributed by atoms with E-state index in [0.29, 0.717) is 6.04 Å². The number of carbonyl (C=O) groups excluding carboxylic acids is 1. The number of rotatable bonds is 3. The van der Waals surface area contributed by atoms with Gasteiger partial charge in [0.25, 0.3) is 0 Å². The smallest absolute Gasteiger partial charge is 0.237 e. The molecule has 1 unspecified atom stereocenters. The zero-order chi connectivity index (χ0) is 11.4. The summed E-state index contributed by atoms with van der Waals surface area (Å²) in [5.74, 6) is 0.244. The van der Waals surface area contributed by atoms with Gasteiger partial charge in [0, 0.05) is 6.04 Å². The predicted octanol–water partition coefficient (Wildman–Crippen LogP) is 1.92. The summed E-state index contributed by atoms with van der Waals surface area (Å²) < 4.78 is 0. The normalized spacial score (nSPS) is 25.6. The summed E-state index contributed by atoms with van der Waals surface area (Å²) in [6, 6.07) is 0.524. The zero-order valence-corrected chi connectivity index (χ0v) is 10.4. The Morgan fingerprint density at radius 3 is 2.38 bits per heavy atom. The molecule has 16 heavy (non-hydrogen) atoms. The minimum absolute atomic E-state index is 0.0735. The highest BCUT2D eigenvalue weighted by Gasteiger charge is 2.25. The van der Waals surface area contributed by atoms with E-state index in [9.17, 15) is 4.79 Å². The number of nitrogens with zero attached hydrogens (tertiary/aromatic N) is 1. The Bertz CT molecular complexity index is 230. The van der Waals surface area contributed by atoms with Crippen molar-refractivity contribution in [2.45, 2.75) is 64.0 Å². The molecule has 0 bridgehead atoms. The monoisotopic (exact) mass is 224 g/mol. The molecule has 2 aliphatic rings. The first-order valence-corrected chi connectivity index (χ1v) is 6.82. The van der Waals surface area contributed by atoms with Crippen molar-refractivity contribution in [1.29, 1.82) is 0 Å². The number of hydrogen-bond acceptors (Lipinski definition) is 2. The molecule has 0 spiro atoms. The summed E-state index contributed by atoms with van der Waals surface area (Å²) in [6.07, 6.45) is 8.76. The highest BCUT2D eigenvalue weighted by molar-refractivity contribution is 5.81. The summed E-state index contributed by atoms with van der Waals surface area (Å²) in [4.78, 5) is 14.3. The third-order valence-corrected chi connectivity index (χ3v) is 4.02. The van der Waals surface area contributed by atoms with Crippen LogP contribution in [-0.2, 0) is 4.79 Å². The largest absolute Gasteiger partial charge is 0.352 e. The fraction of sp³-hybridized carbons (Fsp3) is 0.923. The van der Waals surface area contributed by atoms with Gasteiger partial charge in [0.15, 0.2) is 0 Å². The van der Waals surface area contributed by atoms with Crippen LogP contribution >= 0.6 is 0 Å². The van der Waals surface area contributed by atoms with Crippen molar-refractivity contribution in [2.24, 2.45) is 0 Å². The molecule has 1 saturated heterocycles. The van der Waals surface area contributed by atoms with Gasteiger partial charge < -0.3 is 5.32 Å². The minimum Gasteiger partial charge on any atom is -0.352 e. The van der Waals surface area contributed by atoms with Crippen LogP contribution < -0.4 is 5.32 Å². The summed E-state index contributed by atoms with van der Waals surface area (Å²) in [5, 5.41) is 3.21. The van der Waals surface area contributed by atoms with Crippen LogP contribution in [-0.4, -0.2) is 36.0 Å². The van der Waals surface area contributed by atoms with Gasteiger partial charge in [-0.25, -0.2) is 0 Å². The fourth-order valence-corrected chi connectivity index (χ4v) is 2.86. The van der Waals surface area contributed by atoms with Crippen LogP contribution in [0.1, 0.15) is 51.9 Å². The van der Waals surface area contributed by atoms with Crippen LogP contribution in [0.4, 0.5) is 0 Å². The lowest BCUT2D eigenvalue weighted by Crippen LogP contribution is -2.47. The molecule has 1 aliphatic heterocycles. The van der Waals surface area contributed by atoms with Crippen molar-refractivity contribution in [2.75, 3.05) is 13.1 Å². The highest BCUT2D eigenvalue weighted by Crippen LogP contribution is 2.18. The molecule has 1 saturated carbocycles. The standard InChI is InChI=1S/C13H24N2O/c1-11(15-9-5-6-10-15)13(16)14-12-7-3-2-4-8-12/h11-12H,2-10H2,1H3,(H,14,16). The van der Waals surface area contributed by atoms with E-state index >= 15 is 0 Å². The van der Waals surface area contributed by atoms with Gasteiger partial charge in [0.05, 0.1) is 6.04 Å². The molecule has 0 aromatic heterocycles. The Kier molecular flexibility index (Phi) is 4.22. The maximum Gasteiger partial charge on any atom is 0.237 e. The van der Waals surface area contributed by atoms with Gasteiger partial charge in [-0.2, -0.15) is 0 Å². The lowest BCUT2D eigenvalue weighted by atomic mass is 9.95. The molecular formula is C13H24N2O. The highest BCUT2D eigenvalue weighted by atomic mass is 16.2. The molecule has 0 aromatic carbocycles. The average Bonchev–Trinajstić information content (AvgIpc) is 2.83. The predicted molar refractivity (Wildman–Crippen MR) is 65.3 cm³/mol. The first-order chi connectivity index (χ1) is 7.77. The molecule has 1 atom stereocenters. The molecule has 3 heteroatoms. The van der Waals surface area contributed by atoms with Crippen LogP contribution in [0.5, 0.6) is 0 Å². The van der Waals surface area contributed by atoms with Gasteiger partial charge in [-0.05, 0) is 45.7 Å². The van der Waals surface area contributed by atoms with Gasteiger partial charge >= 0.3 is 0 Å². The number of amides is 1. The van der Waals surface area contributed by atoms with Crippen molar-refractivity contribution in [3.05, 3.63) is 0 Å². The van der Waals surface area contributed by atoms with E-state index in [1.54, 1.807) is 0 Å². The van der Waals surface area contributed by atoms with E-state index in [-0.39, 0.29) is 11.9 Å². The summed E-state index contributed by atoms with van der Waals surface area (Å²) >= 11 is 0. The van der Waals surface area contributed by atoms with Crippen molar-refractivity contribution < 1.29 is 4.79 Å². The second kappa shape index (κ2) is 5.67. The molecule has 3 nitrogen and oxygen atoms in total. The maximum absolute atomic E-state index is 12.0. The molecule has 0 aromatic rings. The number of carbonyl (C=O) groups is 1. The average molecular weight is 224 g/mol. The van der Waals surface area contributed by atoms with Gasteiger partial charge in [-0.1, -0.05) is 19.3 Å². The SMILES string of the molecule is CC(C(=O)NC1CCCCC1)N1CCCC1. The summed E-state index contributed by atoms with van der Waals surface area (Å²) in [6.45, 7) is 4.24. The molecule has 1 heterocycles.